The van der Waals surface area contributed by atoms with Crippen LogP contribution in [0.15, 0.2) is 48.5 Å². The molecule has 1 aliphatic heterocycles. The minimum absolute atomic E-state index is 0.0508. The molecule has 0 unspecified atom stereocenters. The van der Waals surface area contributed by atoms with Crippen LogP contribution < -0.4 is 10.2 Å². The topological polar surface area (TPSA) is 73.2 Å². The fourth-order valence-electron chi connectivity index (χ4n) is 2.24. The van der Waals surface area contributed by atoms with Gasteiger partial charge in [-0.1, -0.05) is 30.0 Å². The summed E-state index contributed by atoms with van der Waals surface area (Å²) >= 11 is 0. The first-order valence-electron chi connectivity index (χ1n) is 6.90. The van der Waals surface area contributed by atoms with Crippen molar-refractivity contribution in [3.8, 4) is 17.9 Å². The Balaban J connectivity index is 2.04. The number of nitrogens with zero attached hydrogens (tertiary/aromatic N) is 2. The normalized spacial score (nSPS) is 13.1. The largest absolute Gasteiger partial charge is 0.329 e. The van der Waals surface area contributed by atoms with Crippen molar-refractivity contribution in [1.82, 2.24) is 5.32 Å². The molecule has 1 fully saturated rings. The first-order chi connectivity index (χ1) is 11.2. The lowest BCUT2D eigenvalue weighted by Gasteiger charge is -2.15. The van der Waals surface area contributed by atoms with E-state index in [1.165, 1.54) is 4.90 Å². The quantitative estimate of drug-likeness (QED) is 0.647. The highest BCUT2D eigenvalue weighted by Gasteiger charge is 2.29. The van der Waals surface area contributed by atoms with E-state index < -0.39 is 6.03 Å². The molecule has 0 bridgehead atoms. The lowest BCUT2D eigenvalue weighted by molar-refractivity contribution is -0.117. The second kappa shape index (κ2) is 6.05. The Morgan fingerprint density at radius 2 is 1.78 bits per heavy atom. The molecule has 1 N–H and O–H groups in total. The van der Waals surface area contributed by atoms with E-state index in [4.69, 9.17) is 5.26 Å². The van der Waals surface area contributed by atoms with Crippen LogP contribution in [0.3, 0.4) is 0 Å². The Kier molecular flexibility index (Phi) is 3.78. The Bertz CT molecular complexity index is 886. The predicted octanol–water partition coefficient (Wildman–Crippen LogP) is 2.01. The number of hydrogen-bond donors (Lipinski definition) is 1. The van der Waals surface area contributed by atoms with Crippen molar-refractivity contribution in [2.45, 2.75) is 0 Å². The van der Waals surface area contributed by atoms with Gasteiger partial charge in [-0.05, 0) is 30.3 Å². The summed E-state index contributed by atoms with van der Waals surface area (Å²) in [5, 5.41) is 11.3. The third-order valence-electron chi connectivity index (χ3n) is 3.32. The number of carbonyl (C=O) groups is 2. The molecule has 0 aromatic heterocycles. The van der Waals surface area contributed by atoms with E-state index in [0.717, 1.165) is 5.56 Å². The van der Waals surface area contributed by atoms with E-state index in [0.29, 0.717) is 16.8 Å². The second-order valence-corrected chi connectivity index (χ2v) is 4.90. The molecule has 2 aromatic carbocycles. The van der Waals surface area contributed by atoms with Crippen molar-refractivity contribution in [1.29, 1.82) is 5.26 Å². The van der Waals surface area contributed by atoms with E-state index in [1.807, 2.05) is 36.4 Å². The number of nitriles is 1. The SMILES string of the molecule is N#Cc1ccc(N2CC(=O)NC2=O)c(C#Cc2ccccc2)c1. The van der Waals surface area contributed by atoms with E-state index in [1.54, 1.807) is 18.2 Å². The maximum atomic E-state index is 11.8. The smallest absolute Gasteiger partial charge is 0.283 e. The molecule has 0 saturated carbocycles. The predicted molar refractivity (Wildman–Crippen MR) is 84.5 cm³/mol. The zero-order valence-corrected chi connectivity index (χ0v) is 12.0. The summed E-state index contributed by atoms with van der Waals surface area (Å²) in [7, 11) is 0. The van der Waals surface area contributed by atoms with E-state index in [9.17, 15) is 9.59 Å². The third-order valence-corrected chi connectivity index (χ3v) is 3.32. The Morgan fingerprint density at radius 3 is 2.43 bits per heavy atom. The van der Waals surface area contributed by atoms with Crippen molar-refractivity contribution < 1.29 is 9.59 Å². The molecule has 23 heavy (non-hydrogen) atoms. The molecule has 110 valence electrons. The monoisotopic (exact) mass is 301 g/mol. The maximum absolute atomic E-state index is 11.8. The van der Waals surface area contributed by atoms with Gasteiger partial charge in [0, 0.05) is 5.56 Å². The van der Waals surface area contributed by atoms with Gasteiger partial charge in [0.05, 0.1) is 22.9 Å². The van der Waals surface area contributed by atoms with Crippen molar-refractivity contribution in [2.24, 2.45) is 0 Å². The first kappa shape index (κ1) is 14.4. The molecule has 3 amide bonds. The highest BCUT2D eigenvalue weighted by Crippen LogP contribution is 2.23. The van der Waals surface area contributed by atoms with Crippen molar-refractivity contribution in [3.05, 3.63) is 65.2 Å². The molecule has 5 nitrogen and oxygen atoms in total. The van der Waals surface area contributed by atoms with Crippen LogP contribution in [0.4, 0.5) is 10.5 Å². The highest BCUT2D eigenvalue weighted by atomic mass is 16.2. The fourth-order valence-corrected chi connectivity index (χ4v) is 2.24. The van der Waals surface area contributed by atoms with Crippen LogP contribution in [-0.4, -0.2) is 18.5 Å². The van der Waals surface area contributed by atoms with Crippen LogP contribution in [0.25, 0.3) is 0 Å². The molecule has 0 spiro atoms. The average molecular weight is 301 g/mol. The highest BCUT2D eigenvalue weighted by molar-refractivity contribution is 6.12. The van der Waals surface area contributed by atoms with Crippen LogP contribution in [0.2, 0.25) is 0 Å². The Morgan fingerprint density at radius 1 is 1.00 bits per heavy atom. The Hall–Kier alpha value is -3.57. The first-order valence-corrected chi connectivity index (χ1v) is 6.90. The summed E-state index contributed by atoms with van der Waals surface area (Å²) in [6.45, 7) is -0.0508. The molecule has 3 rings (SSSR count). The fraction of sp³-hybridized carbons (Fsp3) is 0.0556. The molecular weight excluding hydrogens is 290 g/mol. The van der Waals surface area contributed by atoms with Gasteiger partial charge in [-0.2, -0.15) is 5.26 Å². The van der Waals surface area contributed by atoms with Gasteiger partial charge in [0.2, 0.25) is 5.91 Å². The van der Waals surface area contributed by atoms with Crippen molar-refractivity contribution in [2.75, 3.05) is 11.4 Å². The summed E-state index contributed by atoms with van der Waals surface area (Å²) in [5.41, 5.74) is 2.30. The van der Waals surface area contributed by atoms with Crippen molar-refractivity contribution in [3.63, 3.8) is 0 Å². The lowest BCUT2D eigenvalue weighted by Crippen LogP contribution is -2.28. The van der Waals surface area contributed by atoms with Crippen LogP contribution in [0.5, 0.6) is 0 Å². The molecule has 1 saturated heterocycles. The summed E-state index contributed by atoms with van der Waals surface area (Å²) in [4.78, 5) is 24.6. The number of nitrogens with one attached hydrogen (secondary N) is 1. The lowest BCUT2D eigenvalue weighted by atomic mass is 10.1. The minimum Gasteiger partial charge on any atom is -0.283 e. The molecule has 0 atom stereocenters. The summed E-state index contributed by atoms with van der Waals surface area (Å²) < 4.78 is 0. The van der Waals surface area contributed by atoms with Crippen molar-refractivity contribution >= 4 is 17.6 Å². The number of carbonyl (C=O) groups excluding carboxylic acids is 2. The van der Waals surface area contributed by atoms with Crippen LogP contribution >= 0.6 is 0 Å². The van der Waals surface area contributed by atoms with Gasteiger partial charge < -0.3 is 0 Å². The van der Waals surface area contributed by atoms with Crippen LogP contribution in [0.1, 0.15) is 16.7 Å². The minimum atomic E-state index is -0.484. The molecule has 2 aromatic rings. The number of rotatable bonds is 1. The molecule has 0 radical (unpaired) electrons. The van der Waals surface area contributed by atoms with E-state index >= 15 is 0 Å². The standard InChI is InChI=1S/C18H11N3O2/c19-11-14-7-9-16(21-12-17(22)20-18(21)23)15(10-14)8-6-13-4-2-1-3-5-13/h1-5,7,9-10H,12H2,(H,20,22,23). The molecule has 5 heteroatoms. The van der Waals surface area contributed by atoms with Gasteiger partial charge in [-0.15, -0.1) is 0 Å². The second-order valence-electron chi connectivity index (χ2n) is 4.90. The van der Waals surface area contributed by atoms with Gasteiger partial charge >= 0.3 is 6.03 Å². The number of amides is 3. The maximum Gasteiger partial charge on any atom is 0.329 e. The zero-order chi connectivity index (χ0) is 16.2. The Labute approximate surface area is 133 Å². The van der Waals surface area contributed by atoms with Gasteiger partial charge in [0.1, 0.15) is 6.54 Å². The molecular formula is C18H11N3O2. The summed E-state index contributed by atoms with van der Waals surface area (Å²) in [6.07, 6.45) is 0. The van der Waals surface area contributed by atoms with Gasteiger partial charge in [-0.25, -0.2) is 4.79 Å². The van der Waals surface area contributed by atoms with Crippen LogP contribution in [-0.2, 0) is 4.79 Å². The third kappa shape index (κ3) is 3.04. The molecule has 1 aliphatic rings. The van der Waals surface area contributed by atoms with Gasteiger partial charge in [0.15, 0.2) is 0 Å². The number of hydrogen-bond acceptors (Lipinski definition) is 3. The molecule has 0 aliphatic carbocycles. The van der Waals surface area contributed by atoms with Crippen LogP contribution in [0, 0.1) is 23.2 Å². The summed E-state index contributed by atoms with van der Waals surface area (Å²) in [6, 6.07) is 15.8. The van der Waals surface area contributed by atoms with E-state index in [2.05, 4.69) is 17.2 Å². The number of anilines is 1. The van der Waals surface area contributed by atoms with E-state index in [-0.39, 0.29) is 12.5 Å². The van der Waals surface area contributed by atoms with Gasteiger partial charge in [-0.3, -0.25) is 15.0 Å². The zero-order valence-electron chi connectivity index (χ0n) is 12.0. The van der Waals surface area contributed by atoms with Gasteiger partial charge in [0.25, 0.3) is 0 Å². The average Bonchev–Trinajstić information content (AvgIpc) is 2.92. The number of benzene rings is 2. The number of imide groups is 1. The number of urea groups is 1. The molecule has 1 heterocycles. The summed E-state index contributed by atoms with van der Waals surface area (Å²) in [5.74, 6) is 5.62.